The summed E-state index contributed by atoms with van der Waals surface area (Å²) in [6, 6.07) is 13.2. The number of rotatable bonds is 8. The highest BCUT2D eigenvalue weighted by atomic mass is 32.2. The molecule has 0 bridgehead atoms. The van der Waals surface area contributed by atoms with Gasteiger partial charge in [0.05, 0.1) is 23.2 Å². The summed E-state index contributed by atoms with van der Waals surface area (Å²) in [5.41, 5.74) is 2.64. The molecule has 2 aromatic heterocycles. The number of aromatic nitrogens is 3. The van der Waals surface area contributed by atoms with Crippen molar-refractivity contribution in [2.24, 2.45) is 17.3 Å². The van der Waals surface area contributed by atoms with E-state index in [2.05, 4.69) is 25.5 Å². The van der Waals surface area contributed by atoms with Crippen molar-refractivity contribution in [3.63, 3.8) is 0 Å². The number of amides is 1. The summed E-state index contributed by atoms with van der Waals surface area (Å²) >= 11 is 0. The number of nitrogens with one attached hydrogen (secondary N) is 1. The highest BCUT2D eigenvalue weighted by Gasteiger charge is 2.21. The lowest BCUT2D eigenvalue weighted by molar-refractivity contribution is -0.116. The molecule has 0 saturated heterocycles. The van der Waals surface area contributed by atoms with Crippen molar-refractivity contribution < 1.29 is 30.7 Å². The smallest absolute Gasteiger partial charge is 0.295 e. The molecule has 43 heavy (non-hydrogen) atoms. The number of nitrogens with zero attached hydrogens (tertiary/aromatic N) is 6. The van der Waals surface area contributed by atoms with Gasteiger partial charge in [-0.25, -0.2) is 4.85 Å². The maximum atomic E-state index is 12.9. The van der Waals surface area contributed by atoms with Crippen LogP contribution in [0.3, 0.4) is 0 Å². The first-order chi connectivity index (χ1) is 20.3. The van der Waals surface area contributed by atoms with Crippen LogP contribution in [-0.2, 0) is 38.6 Å². The Hall–Kier alpha value is -4.95. The van der Waals surface area contributed by atoms with Gasteiger partial charge in [0.15, 0.2) is 5.82 Å². The quantitative estimate of drug-likeness (QED) is 0.118. The van der Waals surface area contributed by atoms with Gasteiger partial charge in [-0.2, -0.15) is 21.9 Å². The molecule has 0 unspecified atom stereocenters. The number of hydrogen-bond donors (Lipinski definition) is 3. The largest absolute Gasteiger partial charge is 0.342 e. The molecule has 0 radical (unpaired) electrons. The Bertz CT molecular complexity index is 2230. The lowest BCUT2D eigenvalue weighted by Crippen LogP contribution is -2.15. The predicted octanol–water partition coefficient (Wildman–Crippen LogP) is 5.32. The van der Waals surface area contributed by atoms with Crippen LogP contribution >= 0.6 is 0 Å². The van der Waals surface area contributed by atoms with Crippen molar-refractivity contribution in [1.29, 1.82) is 0 Å². The Morgan fingerprint density at radius 3 is 2.47 bits per heavy atom. The molecule has 14 nitrogen and oxygen atoms in total. The fourth-order valence-electron chi connectivity index (χ4n) is 4.72. The lowest BCUT2D eigenvalue weighted by atomic mass is 10.1. The normalized spacial score (nSPS) is 12.3. The predicted molar refractivity (Wildman–Crippen MR) is 157 cm³/mol. The summed E-state index contributed by atoms with van der Waals surface area (Å²) in [5, 5.41) is 16.3. The maximum Gasteiger partial charge on any atom is 0.295 e. The van der Waals surface area contributed by atoms with Crippen LogP contribution in [0, 0.1) is 13.5 Å². The summed E-state index contributed by atoms with van der Waals surface area (Å²) in [6.07, 6.45) is 1.44. The van der Waals surface area contributed by atoms with Crippen molar-refractivity contribution >= 4 is 70.7 Å². The number of azo groups is 1. The van der Waals surface area contributed by atoms with Crippen LogP contribution in [0.1, 0.15) is 12.1 Å². The van der Waals surface area contributed by atoms with Crippen molar-refractivity contribution in [3.05, 3.63) is 77.9 Å². The Labute approximate surface area is 245 Å². The van der Waals surface area contributed by atoms with Gasteiger partial charge in [-0.15, -0.1) is 10.2 Å². The highest BCUT2D eigenvalue weighted by Crippen LogP contribution is 2.36. The summed E-state index contributed by atoms with van der Waals surface area (Å²) < 4.78 is 69.5. The molecule has 220 valence electrons. The zero-order valence-electron chi connectivity index (χ0n) is 22.6. The molecule has 3 N–H and O–H groups in total. The third kappa shape index (κ3) is 5.87. The second-order valence-corrected chi connectivity index (χ2v) is 12.3. The fourth-order valence-corrected chi connectivity index (χ4v) is 6.08. The molecular weight excluding hydrogens is 598 g/mol. The van der Waals surface area contributed by atoms with Crippen LogP contribution in [0.4, 0.5) is 22.9 Å². The second kappa shape index (κ2) is 11.0. The lowest BCUT2D eigenvalue weighted by Gasteiger charge is -2.11. The number of anilines is 1. The Kier molecular flexibility index (Phi) is 7.58. The van der Waals surface area contributed by atoms with E-state index >= 15 is 0 Å². The average molecular weight is 622 g/mol. The van der Waals surface area contributed by atoms with E-state index in [0.29, 0.717) is 17.6 Å². The first-order valence-corrected chi connectivity index (χ1v) is 15.4. The zero-order chi connectivity index (χ0) is 31.1. The number of para-hydroxylation sites is 1. The van der Waals surface area contributed by atoms with E-state index in [4.69, 9.17) is 6.57 Å². The number of carbonyl (C=O) groups excluding carboxylic acids is 1. The zero-order valence-corrected chi connectivity index (χ0v) is 24.3. The number of carbonyl (C=O) groups is 1. The third-order valence-electron chi connectivity index (χ3n) is 6.76. The molecule has 0 saturated carbocycles. The first kappa shape index (κ1) is 29.5. The molecular formula is C27H23N7O7S2. The van der Waals surface area contributed by atoms with Crippen LogP contribution < -0.4 is 5.32 Å². The molecule has 3 aromatic carbocycles. The molecule has 0 aliphatic carbocycles. The van der Waals surface area contributed by atoms with Crippen LogP contribution in [-0.4, -0.2) is 46.2 Å². The van der Waals surface area contributed by atoms with Crippen LogP contribution in [0.2, 0.25) is 0 Å². The SMILES string of the molecule is [C-]#[N+]c1cnn(C)c1N=Nc1c(C)n(CCC(=O)Nc2ccc3c(S(=O)(=O)O)cc(S(=O)(=O)O)cc3c2)c2ccccc12. The molecule has 0 atom stereocenters. The monoisotopic (exact) mass is 621 g/mol. The minimum atomic E-state index is -4.83. The maximum absolute atomic E-state index is 12.9. The van der Waals surface area contributed by atoms with E-state index in [1.807, 2.05) is 35.8 Å². The van der Waals surface area contributed by atoms with Crippen molar-refractivity contribution in [1.82, 2.24) is 14.3 Å². The van der Waals surface area contributed by atoms with Crippen molar-refractivity contribution in [2.75, 3.05) is 5.32 Å². The molecule has 0 fully saturated rings. The van der Waals surface area contributed by atoms with E-state index in [0.717, 1.165) is 22.7 Å². The van der Waals surface area contributed by atoms with Crippen molar-refractivity contribution in [3.8, 4) is 0 Å². The standard InChI is InChI=1S/C27H23N7O7S2/c1-16-26(31-32-27-22(28-2)15-29-33(27)3)21-6-4-5-7-23(21)34(16)11-10-25(35)30-18-8-9-20-17(12-18)13-19(42(36,37)38)14-24(20)43(39,40)41/h4-9,12-15H,10-11H2,1,3H3,(H,30,35)(H,36,37,38)(H,39,40,41). The molecule has 16 heteroatoms. The number of benzene rings is 3. The van der Waals surface area contributed by atoms with Gasteiger partial charge in [0.25, 0.3) is 25.9 Å². The Balaban J connectivity index is 1.41. The molecule has 0 aliphatic rings. The van der Waals surface area contributed by atoms with Crippen LogP contribution in [0.15, 0.2) is 80.8 Å². The minimum Gasteiger partial charge on any atom is -0.342 e. The molecule has 5 aromatic rings. The summed E-state index contributed by atoms with van der Waals surface area (Å²) in [7, 11) is -7.96. The van der Waals surface area contributed by atoms with Crippen LogP contribution in [0.25, 0.3) is 26.5 Å². The molecule has 1 amide bonds. The van der Waals surface area contributed by atoms with Gasteiger partial charge in [-0.1, -0.05) is 24.3 Å². The number of fused-ring (bicyclic) bond motifs is 2. The van der Waals surface area contributed by atoms with Gasteiger partial charge in [0.1, 0.15) is 10.6 Å². The van der Waals surface area contributed by atoms with Gasteiger partial charge in [0, 0.05) is 42.2 Å². The summed E-state index contributed by atoms with van der Waals surface area (Å²) in [5.74, 6) is -0.0781. The van der Waals surface area contributed by atoms with Gasteiger partial charge >= 0.3 is 0 Å². The van der Waals surface area contributed by atoms with E-state index < -0.39 is 35.9 Å². The third-order valence-corrected chi connectivity index (χ3v) is 8.49. The number of hydrogen-bond acceptors (Lipinski definition) is 8. The molecule has 0 spiro atoms. The van der Waals surface area contributed by atoms with Gasteiger partial charge < -0.3 is 9.88 Å². The van der Waals surface area contributed by atoms with Gasteiger partial charge in [0.2, 0.25) is 5.91 Å². The molecule has 0 aliphatic heterocycles. The van der Waals surface area contributed by atoms with E-state index in [1.165, 1.54) is 29.1 Å². The molecule has 5 rings (SSSR count). The highest BCUT2D eigenvalue weighted by molar-refractivity contribution is 7.86. The fraction of sp³-hybridized carbons (Fsp3) is 0.148. The Morgan fingerprint density at radius 2 is 1.77 bits per heavy atom. The second-order valence-electron chi connectivity index (χ2n) is 9.50. The van der Waals surface area contributed by atoms with E-state index in [-0.39, 0.29) is 35.1 Å². The van der Waals surface area contributed by atoms with Gasteiger partial charge in [-0.3, -0.25) is 18.6 Å². The van der Waals surface area contributed by atoms with Crippen molar-refractivity contribution in [2.45, 2.75) is 29.7 Å². The van der Waals surface area contributed by atoms with Gasteiger partial charge in [-0.05, 0) is 42.6 Å². The first-order valence-electron chi connectivity index (χ1n) is 12.5. The molecule has 2 heterocycles. The van der Waals surface area contributed by atoms with E-state index in [1.54, 1.807) is 7.05 Å². The number of aryl methyl sites for hydroxylation is 2. The summed E-state index contributed by atoms with van der Waals surface area (Å²) in [4.78, 5) is 14.9. The minimum absolute atomic E-state index is 0.00123. The Morgan fingerprint density at radius 1 is 1.02 bits per heavy atom. The van der Waals surface area contributed by atoms with E-state index in [9.17, 15) is 30.7 Å². The summed E-state index contributed by atoms with van der Waals surface area (Å²) in [6.45, 7) is 9.41. The average Bonchev–Trinajstić information content (AvgIpc) is 3.44. The topological polar surface area (TPSA) is 190 Å². The van der Waals surface area contributed by atoms with Crippen LogP contribution in [0.5, 0.6) is 0 Å².